The predicted molar refractivity (Wildman–Crippen MR) is 402 cm³/mol. The molecule has 0 spiro atoms. The summed E-state index contributed by atoms with van der Waals surface area (Å²) in [7, 11) is 0. The van der Waals surface area contributed by atoms with E-state index in [1.165, 1.54) is 4.90 Å². The lowest BCUT2D eigenvalue weighted by Crippen LogP contribution is -2.60. The summed E-state index contributed by atoms with van der Waals surface area (Å²) in [6, 6.07) is 72.6. The van der Waals surface area contributed by atoms with Crippen LogP contribution in [0.3, 0.4) is 0 Å². The monoisotopic (exact) mass is 1500 g/mol. The summed E-state index contributed by atoms with van der Waals surface area (Å²) in [5.74, 6) is -10.3. The number of barbiturate groups is 5. The molecule has 5 aliphatic heterocycles. The van der Waals surface area contributed by atoms with Crippen LogP contribution in [0.1, 0.15) is 112 Å². The number of rotatable bonds is 13. The molecule has 6 fully saturated rings. The Hall–Kier alpha value is -13.7. The van der Waals surface area contributed by atoms with E-state index in [-0.39, 0.29) is 31.6 Å². The lowest BCUT2D eigenvalue weighted by Gasteiger charge is -2.37. The fraction of sp³-hybridized carbons (Fsp3) is 0.179. The van der Waals surface area contributed by atoms with E-state index in [4.69, 9.17) is 11.6 Å². The SMILES string of the molecule is Cc1ccc(C2C(=O)NC(=O)N(Cc3ccccc3)C2=O)cc1.O=C1NC(=O)N(C2CCCCC2)C(=O)C1c1ccccc1.O=C1NC(=O)N(Cc2ccccc2)C(=O)C1c1ccc(Cl)cc1.O=C1NC(=O)N(Cc2ccccc2)C(=O)C1c1ccccc1.O=C1NC(=O)N(c2ccccc2)C(=O)C1c1ccccc1. The van der Waals surface area contributed by atoms with Crippen LogP contribution in [0, 0.1) is 6.92 Å². The fourth-order valence-corrected chi connectivity index (χ4v) is 13.2. The van der Waals surface area contributed by atoms with Crippen LogP contribution in [0.2, 0.25) is 5.02 Å². The van der Waals surface area contributed by atoms with Crippen molar-refractivity contribution < 1.29 is 71.9 Å². The van der Waals surface area contributed by atoms with Gasteiger partial charge in [0, 0.05) is 11.1 Å². The molecule has 25 nitrogen and oxygen atoms in total. The molecule has 15 rings (SSSR count). The topological polar surface area (TPSA) is 332 Å². The molecule has 556 valence electrons. The molecular formula is C84H73ClN10O15. The molecule has 9 aromatic rings. The highest BCUT2D eigenvalue weighted by molar-refractivity contribution is 6.31. The highest BCUT2D eigenvalue weighted by atomic mass is 35.5. The van der Waals surface area contributed by atoms with Gasteiger partial charge in [0.15, 0.2) is 0 Å². The van der Waals surface area contributed by atoms with Gasteiger partial charge in [-0.05, 0) is 88.5 Å². The molecule has 5 unspecified atom stereocenters. The number of aryl methyl sites for hydroxylation is 1. The molecule has 1 aliphatic carbocycles. The van der Waals surface area contributed by atoms with Crippen LogP contribution in [0.25, 0.3) is 0 Å². The Balaban J connectivity index is 0.000000136. The van der Waals surface area contributed by atoms with Gasteiger partial charge in [-0.2, -0.15) is 0 Å². The molecule has 5 atom stereocenters. The van der Waals surface area contributed by atoms with Gasteiger partial charge in [0.25, 0.3) is 5.91 Å². The lowest BCUT2D eigenvalue weighted by molar-refractivity contribution is -0.142. The van der Waals surface area contributed by atoms with Crippen molar-refractivity contribution in [3.63, 3.8) is 0 Å². The van der Waals surface area contributed by atoms with E-state index in [1.807, 2.05) is 122 Å². The zero-order valence-corrected chi connectivity index (χ0v) is 59.9. The molecule has 26 heteroatoms. The second kappa shape index (κ2) is 36.1. The van der Waals surface area contributed by atoms with Crippen molar-refractivity contribution >= 4 is 107 Å². The van der Waals surface area contributed by atoms with Crippen LogP contribution < -0.4 is 31.5 Å². The Labute approximate surface area is 636 Å². The van der Waals surface area contributed by atoms with Crippen molar-refractivity contribution in [1.29, 1.82) is 0 Å². The third kappa shape index (κ3) is 18.6. The summed E-state index contributed by atoms with van der Waals surface area (Å²) in [5.41, 5.74) is 6.80. The van der Waals surface area contributed by atoms with Gasteiger partial charge in [-0.15, -0.1) is 0 Å². The number of hydrogen-bond donors (Lipinski definition) is 5. The first-order valence-corrected chi connectivity index (χ1v) is 35.5. The number of halogens is 1. The Bertz CT molecular complexity index is 4740. The van der Waals surface area contributed by atoms with Crippen molar-refractivity contribution in [2.24, 2.45) is 0 Å². The molecule has 1 saturated carbocycles. The molecular weight excluding hydrogens is 1420 g/mol. The second-order valence-corrected chi connectivity index (χ2v) is 26.5. The second-order valence-electron chi connectivity index (χ2n) is 26.1. The Kier molecular flexibility index (Phi) is 25.4. The average molecular weight is 1500 g/mol. The van der Waals surface area contributed by atoms with Crippen molar-refractivity contribution in [2.75, 3.05) is 4.90 Å². The summed E-state index contributed by atoms with van der Waals surface area (Å²) in [6.45, 7) is 2.32. The summed E-state index contributed by atoms with van der Waals surface area (Å²) in [6.07, 6.45) is 4.84. The van der Waals surface area contributed by atoms with Crippen LogP contribution in [0.5, 0.6) is 0 Å². The van der Waals surface area contributed by atoms with Crippen LogP contribution in [-0.4, -0.2) is 115 Å². The Morgan fingerprint density at radius 2 is 0.564 bits per heavy atom. The van der Waals surface area contributed by atoms with E-state index in [2.05, 4.69) is 26.6 Å². The predicted octanol–water partition coefficient (Wildman–Crippen LogP) is 11.3. The smallest absolute Gasteiger partial charge is 0.277 e. The number of imide groups is 10. The van der Waals surface area contributed by atoms with E-state index >= 15 is 0 Å². The van der Waals surface area contributed by atoms with Crippen LogP contribution in [0.4, 0.5) is 29.7 Å². The maximum absolute atomic E-state index is 12.7. The lowest BCUT2D eigenvalue weighted by atomic mass is 9.90. The van der Waals surface area contributed by atoms with Gasteiger partial charge in [-0.25, -0.2) is 28.9 Å². The van der Waals surface area contributed by atoms with Crippen LogP contribution >= 0.6 is 11.6 Å². The van der Waals surface area contributed by atoms with Gasteiger partial charge < -0.3 is 0 Å². The van der Waals surface area contributed by atoms with Crippen molar-refractivity contribution in [3.05, 3.63) is 316 Å². The Morgan fingerprint density at radius 3 is 0.909 bits per heavy atom. The normalized spacial score (nSPS) is 19.3. The molecule has 110 heavy (non-hydrogen) atoms. The molecule has 20 amide bonds. The Morgan fingerprint density at radius 1 is 0.291 bits per heavy atom. The molecule has 9 aromatic carbocycles. The number of nitrogens with one attached hydrogen (secondary N) is 5. The number of carbonyl (C=O) groups excluding carboxylic acids is 15. The molecule has 5 saturated heterocycles. The van der Waals surface area contributed by atoms with E-state index in [0.717, 1.165) is 74.0 Å². The number of urea groups is 5. The van der Waals surface area contributed by atoms with Gasteiger partial charge >= 0.3 is 30.2 Å². The molecule has 0 aromatic heterocycles. The first-order valence-electron chi connectivity index (χ1n) is 35.1. The highest BCUT2D eigenvalue weighted by Crippen LogP contribution is 2.33. The van der Waals surface area contributed by atoms with Crippen LogP contribution in [-0.2, 0) is 67.6 Å². The molecule has 5 N–H and O–H groups in total. The number of anilines is 1. The third-order valence-corrected chi connectivity index (χ3v) is 18.9. The van der Waals surface area contributed by atoms with Crippen molar-refractivity contribution in [2.45, 2.75) is 94.3 Å². The van der Waals surface area contributed by atoms with Gasteiger partial charge in [-0.3, -0.25) is 94.1 Å². The number of amides is 20. The zero-order chi connectivity index (χ0) is 78.0. The molecule has 5 heterocycles. The number of carbonyl (C=O) groups is 15. The summed E-state index contributed by atoms with van der Waals surface area (Å²) < 4.78 is 0. The van der Waals surface area contributed by atoms with Gasteiger partial charge in [-0.1, -0.05) is 273 Å². The zero-order valence-electron chi connectivity index (χ0n) is 59.2. The summed E-state index contributed by atoms with van der Waals surface area (Å²) in [5, 5.41) is 11.8. The quantitative estimate of drug-likeness (QED) is 0.0670. The first-order chi connectivity index (χ1) is 53.1. The number of para-hydroxylation sites is 1. The van der Waals surface area contributed by atoms with Gasteiger partial charge in [0.05, 0.1) is 25.3 Å². The standard InChI is InChI=1S/C18H16N2O3.C17H13ClN2O3.C17H14N2O3.C16H18N2O3.C16H12N2O3/c1-12-7-9-14(10-8-12)15-16(21)19-18(23)20(17(15)22)11-13-5-3-2-4-6-13;18-13-8-6-12(7-9-13)14-15(21)19-17(23)20(16(14)22)10-11-4-2-1-3-5-11;20-15-14(13-9-5-2-6-10-13)16(21)19(17(22)18-15)11-12-7-3-1-4-8-12;2*19-14-13(11-7-3-1-4-8-11)15(20)18(16(21)17-14)12-9-5-2-6-10-12/h2-10,15H,11H2,1H3,(H,19,21,23);1-9,14H,10H2,(H,19,21,23);1-10,14H,11H2,(H,18,20,22);1,3-4,7-8,12-13H,2,5-6,9-10H2,(H,17,19,21);1-10,13H,(H,17,19,21). The number of nitrogens with zero attached hydrogens (tertiary/aromatic N) is 5. The van der Waals surface area contributed by atoms with Crippen LogP contribution in [0.15, 0.2) is 261 Å². The minimum Gasteiger partial charge on any atom is -0.277 e. The molecule has 0 bridgehead atoms. The van der Waals surface area contributed by atoms with E-state index in [1.54, 1.807) is 146 Å². The largest absolute Gasteiger partial charge is 0.335 e. The van der Waals surface area contributed by atoms with Gasteiger partial charge in [0.1, 0.15) is 29.6 Å². The fourth-order valence-electron chi connectivity index (χ4n) is 13.1. The maximum Gasteiger partial charge on any atom is 0.335 e. The summed E-state index contributed by atoms with van der Waals surface area (Å²) >= 11 is 5.83. The number of benzene rings is 9. The summed E-state index contributed by atoms with van der Waals surface area (Å²) in [4.78, 5) is 189. The van der Waals surface area contributed by atoms with E-state index in [0.29, 0.717) is 38.5 Å². The van der Waals surface area contributed by atoms with Gasteiger partial charge in [0.2, 0.25) is 53.2 Å². The highest BCUT2D eigenvalue weighted by Gasteiger charge is 2.47. The minimum absolute atomic E-state index is 0.0782. The number of hydrogen-bond acceptors (Lipinski definition) is 15. The van der Waals surface area contributed by atoms with E-state index < -0.39 is 113 Å². The molecule has 0 radical (unpaired) electrons. The van der Waals surface area contributed by atoms with E-state index in [9.17, 15) is 71.9 Å². The average Bonchev–Trinajstić information content (AvgIpc) is 0.780. The van der Waals surface area contributed by atoms with Crippen molar-refractivity contribution in [1.82, 2.24) is 46.2 Å². The minimum atomic E-state index is -1.05. The maximum atomic E-state index is 12.7. The van der Waals surface area contributed by atoms with Crippen molar-refractivity contribution in [3.8, 4) is 0 Å². The molecule has 6 aliphatic rings. The first kappa shape index (κ1) is 77.4. The third-order valence-electron chi connectivity index (χ3n) is 18.6.